The van der Waals surface area contributed by atoms with Crippen LogP contribution >= 0.6 is 0 Å². The number of hydrogen-bond acceptors (Lipinski definition) is 5. The van der Waals surface area contributed by atoms with Crippen molar-refractivity contribution in [3.8, 4) is 0 Å². The van der Waals surface area contributed by atoms with E-state index in [1.165, 1.54) is 42.5 Å². The van der Waals surface area contributed by atoms with Crippen molar-refractivity contribution in [1.29, 1.82) is 0 Å². The molecule has 1 saturated heterocycles. The monoisotopic (exact) mass is 547 g/mol. The Hall–Kier alpha value is -5.18. The standard InChI is InChI=1S/C32H22FN3O5/c33-24-15-7-1-9-18(24)17-34(30(37)23-14-6-8-16-25(23)36(40)41)35-31(38)28-26-19-10-2-3-11-20(19)27(29(28)32(35)39)22-13-5-4-12-21(22)26/h1-16,26-29H,17H2/t26?,27?,28-,29+. The van der Waals surface area contributed by atoms with Gasteiger partial charge in [-0.05, 0) is 34.4 Å². The van der Waals surface area contributed by atoms with Crippen molar-refractivity contribution in [2.45, 2.75) is 18.4 Å². The lowest BCUT2D eigenvalue weighted by Gasteiger charge is -2.45. The molecule has 4 aliphatic rings. The Bertz CT molecular complexity index is 1670. The van der Waals surface area contributed by atoms with Gasteiger partial charge in [-0.15, -0.1) is 0 Å². The fraction of sp³-hybridized carbons (Fsp3) is 0.156. The average Bonchev–Trinajstić information content (AvgIpc) is 3.26. The second-order valence-corrected chi connectivity index (χ2v) is 10.5. The molecule has 1 fully saturated rings. The summed E-state index contributed by atoms with van der Waals surface area (Å²) in [6.07, 6.45) is 0. The summed E-state index contributed by atoms with van der Waals surface area (Å²) in [7, 11) is 0. The van der Waals surface area contributed by atoms with Crippen molar-refractivity contribution < 1.29 is 23.7 Å². The van der Waals surface area contributed by atoms with Gasteiger partial charge in [-0.1, -0.05) is 78.9 Å². The zero-order chi connectivity index (χ0) is 28.4. The highest BCUT2D eigenvalue weighted by Gasteiger charge is 2.63. The Morgan fingerprint density at radius 1 is 0.756 bits per heavy atom. The van der Waals surface area contributed by atoms with E-state index >= 15 is 0 Å². The van der Waals surface area contributed by atoms with Gasteiger partial charge in [-0.2, -0.15) is 5.01 Å². The molecule has 1 heterocycles. The third kappa shape index (κ3) is 3.55. The molecule has 0 N–H and O–H groups in total. The second-order valence-electron chi connectivity index (χ2n) is 10.5. The molecule has 1 aliphatic heterocycles. The van der Waals surface area contributed by atoms with Crippen LogP contribution in [0, 0.1) is 27.8 Å². The number of benzene rings is 4. The zero-order valence-corrected chi connectivity index (χ0v) is 21.5. The van der Waals surface area contributed by atoms with E-state index in [0.29, 0.717) is 0 Å². The molecule has 4 aromatic carbocycles. The second kappa shape index (κ2) is 9.19. The minimum absolute atomic E-state index is 0.0597. The molecule has 9 heteroatoms. The topological polar surface area (TPSA) is 101 Å². The maximum Gasteiger partial charge on any atom is 0.282 e. The first-order valence-corrected chi connectivity index (χ1v) is 13.2. The Morgan fingerprint density at radius 3 is 1.73 bits per heavy atom. The van der Waals surface area contributed by atoms with E-state index in [1.54, 1.807) is 6.07 Å². The van der Waals surface area contributed by atoms with Crippen LogP contribution in [0.3, 0.4) is 0 Å². The molecule has 8 nitrogen and oxygen atoms in total. The summed E-state index contributed by atoms with van der Waals surface area (Å²) in [6.45, 7) is -0.469. The van der Waals surface area contributed by atoms with E-state index in [0.717, 1.165) is 32.3 Å². The van der Waals surface area contributed by atoms with Crippen LogP contribution < -0.4 is 0 Å². The highest BCUT2D eigenvalue weighted by molar-refractivity contribution is 6.10. The summed E-state index contributed by atoms with van der Waals surface area (Å²) in [5, 5.41) is 13.5. The quantitative estimate of drug-likeness (QED) is 0.195. The van der Waals surface area contributed by atoms with E-state index in [-0.39, 0.29) is 11.1 Å². The molecule has 2 bridgehead atoms. The number of nitro groups is 1. The van der Waals surface area contributed by atoms with Crippen molar-refractivity contribution in [1.82, 2.24) is 10.0 Å². The Labute approximate surface area is 233 Å². The lowest BCUT2D eigenvalue weighted by atomic mass is 9.55. The number of amides is 3. The number of nitrogens with zero attached hydrogens (tertiary/aromatic N) is 3. The number of imide groups is 1. The third-order valence-corrected chi connectivity index (χ3v) is 8.51. The number of carbonyl (C=O) groups excluding carboxylic acids is 3. The predicted molar refractivity (Wildman–Crippen MR) is 145 cm³/mol. The van der Waals surface area contributed by atoms with Crippen LogP contribution in [0.5, 0.6) is 0 Å². The van der Waals surface area contributed by atoms with E-state index in [4.69, 9.17) is 0 Å². The molecule has 0 unspecified atom stereocenters. The highest BCUT2D eigenvalue weighted by Crippen LogP contribution is 2.61. The van der Waals surface area contributed by atoms with Gasteiger partial charge < -0.3 is 0 Å². The number of halogens is 1. The van der Waals surface area contributed by atoms with E-state index in [9.17, 15) is 28.9 Å². The molecule has 0 saturated carbocycles. The number of nitro benzene ring substituents is 1. The van der Waals surface area contributed by atoms with E-state index < -0.39 is 64.4 Å². The minimum atomic E-state index is -0.941. The molecule has 0 spiro atoms. The van der Waals surface area contributed by atoms with Crippen LogP contribution in [0.15, 0.2) is 97.1 Å². The first kappa shape index (κ1) is 24.8. The number of carbonyl (C=O) groups is 3. The first-order chi connectivity index (χ1) is 19.9. The average molecular weight is 548 g/mol. The number of hydrazine groups is 1. The van der Waals surface area contributed by atoms with Gasteiger partial charge in [0.15, 0.2) is 0 Å². The molecular formula is C32H22FN3O5. The molecule has 2 atom stereocenters. The van der Waals surface area contributed by atoms with Crippen LogP contribution in [0.25, 0.3) is 0 Å². The van der Waals surface area contributed by atoms with Gasteiger partial charge in [0.1, 0.15) is 11.4 Å². The fourth-order valence-corrected chi connectivity index (χ4v) is 6.87. The number of hydrogen-bond donors (Lipinski definition) is 0. The predicted octanol–water partition coefficient (Wildman–Crippen LogP) is 5.18. The third-order valence-electron chi connectivity index (χ3n) is 8.51. The van der Waals surface area contributed by atoms with E-state index in [2.05, 4.69) is 0 Å². The van der Waals surface area contributed by atoms with Crippen molar-refractivity contribution in [3.63, 3.8) is 0 Å². The number of rotatable bonds is 5. The molecule has 202 valence electrons. The van der Waals surface area contributed by atoms with E-state index in [1.807, 2.05) is 48.5 Å². The summed E-state index contributed by atoms with van der Waals surface area (Å²) in [5.41, 5.74) is 3.13. The number of para-hydroxylation sites is 1. The van der Waals surface area contributed by atoms with Gasteiger partial charge in [0.05, 0.1) is 23.3 Å². The van der Waals surface area contributed by atoms with Crippen molar-refractivity contribution in [2.75, 3.05) is 0 Å². The van der Waals surface area contributed by atoms with Gasteiger partial charge >= 0.3 is 0 Å². The maximum absolute atomic E-state index is 14.9. The van der Waals surface area contributed by atoms with Crippen molar-refractivity contribution in [3.05, 3.63) is 146 Å². The molecule has 41 heavy (non-hydrogen) atoms. The summed E-state index contributed by atoms with van der Waals surface area (Å²) < 4.78 is 14.9. The largest absolute Gasteiger partial charge is 0.282 e. The van der Waals surface area contributed by atoms with Gasteiger partial charge in [-0.25, -0.2) is 9.40 Å². The van der Waals surface area contributed by atoms with Crippen molar-refractivity contribution in [2.24, 2.45) is 11.8 Å². The highest BCUT2D eigenvalue weighted by atomic mass is 19.1. The van der Waals surface area contributed by atoms with Gasteiger partial charge in [0.2, 0.25) is 0 Å². The molecule has 3 aliphatic carbocycles. The summed E-state index contributed by atoms with van der Waals surface area (Å²) >= 11 is 0. The van der Waals surface area contributed by atoms with Gasteiger partial charge in [-0.3, -0.25) is 24.5 Å². The minimum Gasteiger partial charge on any atom is -0.272 e. The van der Waals surface area contributed by atoms with Gasteiger partial charge in [0.25, 0.3) is 23.4 Å². The SMILES string of the molecule is O=C(c1ccccc1[N+](=O)[O-])N(Cc1ccccc1F)N1C(=O)[C@@H]2C3c4ccccc4C(c4ccccc43)[C@@H]2C1=O. The van der Waals surface area contributed by atoms with Crippen LogP contribution in [-0.2, 0) is 16.1 Å². The fourth-order valence-electron chi connectivity index (χ4n) is 6.87. The Balaban J connectivity index is 1.38. The normalized spacial score (nSPS) is 21.7. The molecule has 0 radical (unpaired) electrons. The molecule has 8 rings (SSSR count). The molecular weight excluding hydrogens is 525 g/mol. The van der Waals surface area contributed by atoms with Gasteiger partial charge in [0, 0.05) is 23.5 Å². The lowest BCUT2D eigenvalue weighted by Crippen LogP contribution is -2.50. The summed E-state index contributed by atoms with van der Waals surface area (Å²) in [6, 6.07) is 26.5. The zero-order valence-electron chi connectivity index (χ0n) is 21.5. The van der Waals surface area contributed by atoms with Crippen LogP contribution in [0.2, 0.25) is 0 Å². The Morgan fingerprint density at radius 2 is 1.22 bits per heavy atom. The summed E-state index contributed by atoms with van der Waals surface area (Å²) in [4.78, 5) is 53.8. The van der Waals surface area contributed by atoms with Crippen LogP contribution in [0.1, 0.15) is 50.0 Å². The van der Waals surface area contributed by atoms with Crippen LogP contribution in [0.4, 0.5) is 10.1 Å². The molecule has 3 amide bonds. The smallest absolute Gasteiger partial charge is 0.272 e. The first-order valence-electron chi connectivity index (χ1n) is 13.2. The lowest BCUT2D eigenvalue weighted by molar-refractivity contribution is -0.385. The molecule has 4 aromatic rings. The van der Waals surface area contributed by atoms with Crippen LogP contribution in [-0.4, -0.2) is 32.7 Å². The maximum atomic E-state index is 14.9. The Kier molecular flexibility index (Phi) is 5.57. The molecule has 0 aromatic heterocycles. The summed E-state index contributed by atoms with van der Waals surface area (Å²) in [5.74, 6) is -5.11. The van der Waals surface area contributed by atoms with Crippen molar-refractivity contribution >= 4 is 23.4 Å².